The second kappa shape index (κ2) is 9.04. The fourth-order valence-corrected chi connectivity index (χ4v) is 0.928. The van der Waals surface area contributed by atoms with Crippen molar-refractivity contribution in [3.63, 3.8) is 0 Å². The molecule has 0 heterocycles. The molecule has 2 nitrogen and oxygen atoms in total. The van der Waals surface area contributed by atoms with Gasteiger partial charge in [0.15, 0.2) is 0 Å². The molecular weight excluding hydrogens is 164 g/mol. The third-order valence-corrected chi connectivity index (χ3v) is 1.63. The zero-order valence-electron chi connectivity index (χ0n) is 8.20. The van der Waals surface area contributed by atoms with Gasteiger partial charge in [0.1, 0.15) is 0 Å². The molecule has 0 aliphatic heterocycles. The maximum Gasteiger partial charge on any atom is 0.303 e. The molecule has 1 N–H and O–H groups in total. The van der Waals surface area contributed by atoms with Crippen LogP contribution < -0.4 is 0 Å². The Balaban J connectivity index is 3.20. The normalized spacial score (nSPS) is 11.5. The summed E-state index contributed by atoms with van der Waals surface area (Å²) < 4.78 is 0. The van der Waals surface area contributed by atoms with Crippen molar-refractivity contribution in [3.05, 3.63) is 24.3 Å². The molecular formula is C11H18O2. The van der Waals surface area contributed by atoms with Gasteiger partial charge >= 0.3 is 5.97 Å². The molecule has 0 aromatic rings. The van der Waals surface area contributed by atoms with Crippen molar-refractivity contribution < 1.29 is 9.90 Å². The lowest BCUT2D eigenvalue weighted by molar-refractivity contribution is -0.137. The number of hydrogen-bond donors (Lipinski definition) is 1. The van der Waals surface area contributed by atoms with Crippen LogP contribution in [0.25, 0.3) is 0 Å². The summed E-state index contributed by atoms with van der Waals surface area (Å²) in [5, 5.41) is 8.36. The molecule has 2 heteroatoms. The van der Waals surface area contributed by atoms with Gasteiger partial charge < -0.3 is 5.11 Å². The van der Waals surface area contributed by atoms with E-state index in [1.165, 1.54) is 0 Å². The first-order valence-corrected chi connectivity index (χ1v) is 4.80. The molecule has 0 aromatic heterocycles. The summed E-state index contributed by atoms with van der Waals surface area (Å²) in [6.07, 6.45) is 12.3. The van der Waals surface area contributed by atoms with Gasteiger partial charge in [-0.2, -0.15) is 0 Å². The molecule has 0 radical (unpaired) electrons. The molecule has 0 rings (SSSR count). The van der Waals surface area contributed by atoms with Crippen LogP contribution in [-0.2, 0) is 4.79 Å². The first-order chi connectivity index (χ1) is 6.27. The predicted octanol–water partition coefficient (Wildman–Crippen LogP) is 3.15. The SMILES string of the molecule is CC/C=C/C=C/CCCCC(=O)O. The number of carboxylic acid groups (broad SMARTS) is 1. The summed E-state index contributed by atoms with van der Waals surface area (Å²) >= 11 is 0. The van der Waals surface area contributed by atoms with Gasteiger partial charge in [-0.15, -0.1) is 0 Å². The van der Waals surface area contributed by atoms with Crippen LogP contribution in [0.5, 0.6) is 0 Å². The van der Waals surface area contributed by atoms with E-state index in [0.717, 1.165) is 25.7 Å². The lowest BCUT2D eigenvalue weighted by Gasteiger charge is -1.91. The molecule has 0 saturated heterocycles. The Morgan fingerprint density at radius 1 is 1.23 bits per heavy atom. The first kappa shape index (κ1) is 11.9. The van der Waals surface area contributed by atoms with Crippen molar-refractivity contribution in [2.24, 2.45) is 0 Å². The van der Waals surface area contributed by atoms with Crippen molar-refractivity contribution in [2.45, 2.75) is 39.0 Å². The van der Waals surface area contributed by atoms with Gasteiger partial charge in [0.2, 0.25) is 0 Å². The summed E-state index contributed by atoms with van der Waals surface area (Å²) in [5.41, 5.74) is 0. The molecule has 0 aromatic carbocycles. The smallest absolute Gasteiger partial charge is 0.303 e. The van der Waals surface area contributed by atoms with Crippen LogP contribution in [0.2, 0.25) is 0 Å². The van der Waals surface area contributed by atoms with Gasteiger partial charge in [0.25, 0.3) is 0 Å². The standard InChI is InChI=1S/C11H18O2/c1-2-3-4-5-6-7-8-9-10-11(12)13/h3-6H,2,7-10H2,1H3,(H,12,13)/b4-3+,6-5+. The van der Waals surface area contributed by atoms with E-state index >= 15 is 0 Å². The second-order valence-corrected chi connectivity index (χ2v) is 2.90. The molecule has 74 valence electrons. The zero-order valence-corrected chi connectivity index (χ0v) is 8.20. The third-order valence-electron chi connectivity index (χ3n) is 1.63. The number of unbranched alkanes of at least 4 members (excludes halogenated alkanes) is 2. The van der Waals surface area contributed by atoms with Gasteiger partial charge in [0.05, 0.1) is 0 Å². The Morgan fingerprint density at radius 3 is 2.54 bits per heavy atom. The largest absolute Gasteiger partial charge is 0.481 e. The lowest BCUT2D eigenvalue weighted by Crippen LogP contribution is -1.92. The van der Waals surface area contributed by atoms with Crippen molar-refractivity contribution >= 4 is 5.97 Å². The topological polar surface area (TPSA) is 37.3 Å². The predicted molar refractivity (Wildman–Crippen MR) is 54.7 cm³/mol. The minimum atomic E-state index is -0.699. The van der Waals surface area contributed by atoms with Gasteiger partial charge in [-0.1, -0.05) is 31.2 Å². The van der Waals surface area contributed by atoms with Gasteiger partial charge in [0, 0.05) is 6.42 Å². The highest BCUT2D eigenvalue weighted by atomic mass is 16.4. The van der Waals surface area contributed by atoms with E-state index in [0.29, 0.717) is 6.42 Å². The van der Waals surface area contributed by atoms with Crippen LogP contribution in [0.15, 0.2) is 24.3 Å². The summed E-state index contributed by atoms with van der Waals surface area (Å²) in [4.78, 5) is 10.1. The monoisotopic (exact) mass is 182 g/mol. The van der Waals surface area contributed by atoms with Crippen molar-refractivity contribution in [1.82, 2.24) is 0 Å². The van der Waals surface area contributed by atoms with Crippen LogP contribution >= 0.6 is 0 Å². The molecule has 0 amide bonds. The van der Waals surface area contributed by atoms with Crippen LogP contribution in [0.1, 0.15) is 39.0 Å². The molecule has 13 heavy (non-hydrogen) atoms. The number of rotatable bonds is 7. The van der Waals surface area contributed by atoms with E-state index in [1.807, 2.05) is 12.2 Å². The molecule has 0 aliphatic rings. The fraction of sp³-hybridized carbons (Fsp3) is 0.545. The lowest BCUT2D eigenvalue weighted by atomic mass is 10.2. The molecule has 0 atom stereocenters. The first-order valence-electron chi connectivity index (χ1n) is 4.80. The van der Waals surface area contributed by atoms with Crippen LogP contribution in [-0.4, -0.2) is 11.1 Å². The minimum Gasteiger partial charge on any atom is -0.481 e. The summed E-state index contributed by atoms with van der Waals surface area (Å²) in [6.45, 7) is 2.09. The Bertz CT molecular complexity index is 181. The number of carboxylic acids is 1. The van der Waals surface area contributed by atoms with E-state index in [1.54, 1.807) is 0 Å². The minimum absolute atomic E-state index is 0.290. The average molecular weight is 182 g/mol. The van der Waals surface area contributed by atoms with E-state index < -0.39 is 5.97 Å². The van der Waals surface area contributed by atoms with Crippen LogP contribution in [0.4, 0.5) is 0 Å². The second-order valence-electron chi connectivity index (χ2n) is 2.90. The molecule has 0 bridgehead atoms. The molecule has 0 spiro atoms. The summed E-state index contributed by atoms with van der Waals surface area (Å²) in [6, 6.07) is 0. The number of allylic oxidation sites excluding steroid dienone is 4. The van der Waals surface area contributed by atoms with Crippen molar-refractivity contribution in [3.8, 4) is 0 Å². The summed E-state index contributed by atoms with van der Waals surface area (Å²) in [5.74, 6) is -0.699. The van der Waals surface area contributed by atoms with Crippen molar-refractivity contribution in [2.75, 3.05) is 0 Å². The Kier molecular flexibility index (Phi) is 8.31. The van der Waals surface area contributed by atoms with E-state index in [4.69, 9.17) is 5.11 Å². The highest BCUT2D eigenvalue weighted by Gasteiger charge is 1.93. The van der Waals surface area contributed by atoms with Crippen LogP contribution in [0, 0.1) is 0 Å². The zero-order chi connectivity index (χ0) is 9.94. The summed E-state index contributed by atoms with van der Waals surface area (Å²) in [7, 11) is 0. The Labute approximate surface area is 80.0 Å². The maximum atomic E-state index is 10.1. The van der Waals surface area contributed by atoms with Gasteiger partial charge in [-0.25, -0.2) is 0 Å². The van der Waals surface area contributed by atoms with Crippen molar-refractivity contribution in [1.29, 1.82) is 0 Å². The van der Waals surface area contributed by atoms with E-state index in [2.05, 4.69) is 19.1 Å². The van der Waals surface area contributed by atoms with E-state index in [-0.39, 0.29) is 0 Å². The highest BCUT2D eigenvalue weighted by molar-refractivity contribution is 5.66. The Hall–Kier alpha value is -1.05. The molecule has 0 saturated carbocycles. The van der Waals surface area contributed by atoms with Crippen LogP contribution in [0.3, 0.4) is 0 Å². The Morgan fingerprint density at radius 2 is 1.92 bits per heavy atom. The van der Waals surface area contributed by atoms with Gasteiger partial charge in [-0.3, -0.25) is 4.79 Å². The number of hydrogen-bond acceptors (Lipinski definition) is 1. The number of carbonyl (C=O) groups is 1. The number of aliphatic carboxylic acids is 1. The molecule has 0 fully saturated rings. The highest BCUT2D eigenvalue weighted by Crippen LogP contribution is 2.00. The average Bonchev–Trinajstić information content (AvgIpc) is 2.09. The third kappa shape index (κ3) is 10.9. The maximum absolute atomic E-state index is 10.1. The van der Waals surface area contributed by atoms with Gasteiger partial charge in [-0.05, 0) is 25.7 Å². The fourth-order valence-electron chi connectivity index (χ4n) is 0.928. The van der Waals surface area contributed by atoms with E-state index in [9.17, 15) is 4.79 Å². The quantitative estimate of drug-likeness (QED) is 0.485. The molecule has 0 aliphatic carbocycles. The molecule has 0 unspecified atom stereocenters.